The van der Waals surface area contributed by atoms with E-state index in [-0.39, 0.29) is 0 Å². The molecule has 5 heteroatoms. The van der Waals surface area contributed by atoms with Gasteiger partial charge in [0.2, 0.25) is 5.13 Å². The van der Waals surface area contributed by atoms with Gasteiger partial charge in [0.1, 0.15) is 5.01 Å². The van der Waals surface area contributed by atoms with Gasteiger partial charge in [0.25, 0.3) is 0 Å². The highest BCUT2D eigenvalue weighted by atomic mass is 32.1. The molecule has 0 aromatic carbocycles. The smallest absolute Gasteiger partial charge is 0.208 e. The third-order valence-electron chi connectivity index (χ3n) is 2.08. The molecule has 0 spiro atoms. The van der Waals surface area contributed by atoms with Gasteiger partial charge in [0, 0.05) is 19.0 Å². The van der Waals surface area contributed by atoms with Crippen molar-refractivity contribution in [1.29, 1.82) is 0 Å². The fourth-order valence-electron chi connectivity index (χ4n) is 1.29. The number of nitrogens with two attached hydrogens (primary N) is 1. The van der Waals surface area contributed by atoms with E-state index in [0.717, 1.165) is 29.8 Å². The minimum absolute atomic E-state index is 0.661. The van der Waals surface area contributed by atoms with Crippen molar-refractivity contribution < 1.29 is 0 Å². The van der Waals surface area contributed by atoms with E-state index in [9.17, 15) is 0 Å². The summed E-state index contributed by atoms with van der Waals surface area (Å²) in [6.07, 6.45) is 0. The molecule has 0 saturated carbocycles. The molecule has 1 aliphatic rings. The molecule has 1 saturated heterocycles. The first-order valence-corrected chi connectivity index (χ1v) is 4.86. The molecular weight excluding hydrogens is 172 g/mol. The number of aromatic nitrogens is 2. The fraction of sp³-hybridized carbons (Fsp3) is 0.714. The average Bonchev–Trinajstić information content (AvgIpc) is 2.34. The predicted octanol–water partition coefficient (Wildman–Crippen LogP) is 0.241. The summed E-state index contributed by atoms with van der Waals surface area (Å²) >= 11 is 1.65. The first-order valence-electron chi connectivity index (χ1n) is 4.04. The van der Waals surface area contributed by atoms with Crippen LogP contribution in [-0.4, -0.2) is 29.8 Å². The van der Waals surface area contributed by atoms with Crippen LogP contribution in [0.15, 0.2) is 0 Å². The maximum absolute atomic E-state index is 5.52. The minimum Gasteiger partial charge on any atom is -0.346 e. The van der Waals surface area contributed by atoms with Gasteiger partial charge >= 0.3 is 0 Å². The van der Waals surface area contributed by atoms with E-state index in [0.29, 0.717) is 5.92 Å². The summed E-state index contributed by atoms with van der Waals surface area (Å²) < 4.78 is 0. The second-order valence-corrected chi connectivity index (χ2v) is 4.27. The molecule has 2 N–H and O–H groups in total. The topological polar surface area (TPSA) is 55.0 Å². The second kappa shape index (κ2) is 2.99. The van der Waals surface area contributed by atoms with Crippen LogP contribution in [0.25, 0.3) is 0 Å². The van der Waals surface area contributed by atoms with Crippen LogP contribution < -0.4 is 10.6 Å². The highest BCUT2D eigenvalue weighted by molar-refractivity contribution is 7.15. The first-order chi connectivity index (χ1) is 5.79. The van der Waals surface area contributed by atoms with E-state index in [1.54, 1.807) is 11.3 Å². The van der Waals surface area contributed by atoms with Gasteiger partial charge in [-0.3, -0.25) is 0 Å². The Morgan fingerprint density at radius 1 is 1.58 bits per heavy atom. The zero-order chi connectivity index (χ0) is 8.55. The quantitative estimate of drug-likeness (QED) is 0.715. The molecule has 2 heterocycles. The normalized spacial score (nSPS) is 18.0. The SMILES string of the molecule is Cc1nnc(N2CC(CN)C2)s1. The van der Waals surface area contributed by atoms with Crippen molar-refractivity contribution >= 4 is 16.5 Å². The molecule has 0 amide bonds. The van der Waals surface area contributed by atoms with E-state index in [2.05, 4.69) is 15.1 Å². The molecule has 0 aliphatic carbocycles. The van der Waals surface area contributed by atoms with Gasteiger partial charge in [-0.1, -0.05) is 11.3 Å². The molecule has 2 rings (SSSR count). The number of hydrogen-bond acceptors (Lipinski definition) is 5. The monoisotopic (exact) mass is 184 g/mol. The van der Waals surface area contributed by atoms with Gasteiger partial charge in [-0.05, 0) is 13.5 Å². The summed E-state index contributed by atoms with van der Waals surface area (Å²) in [7, 11) is 0. The van der Waals surface area contributed by atoms with Crippen LogP contribution in [0.1, 0.15) is 5.01 Å². The third-order valence-corrected chi connectivity index (χ3v) is 2.98. The van der Waals surface area contributed by atoms with Crippen molar-refractivity contribution in [2.45, 2.75) is 6.92 Å². The molecule has 0 bridgehead atoms. The fourth-order valence-corrected chi connectivity index (χ4v) is 1.99. The number of hydrogen-bond donors (Lipinski definition) is 1. The standard InChI is InChI=1S/C7H12N4S/c1-5-9-10-7(12-5)11-3-6(2-8)4-11/h6H,2-4,8H2,1H3. The van der Waals surface area contributed by atoms with Crippen molar-refractivity contribution in [3.8, 4) is 0 Å². The maximum atomic E-state index is 5.52. The highest BCUT2D eigenvalue weighted by Crippen LogP contribution is 2.26. The molecule has 1 aliphatic heterocycles. The van der Waals surface area contributed by atoms with Crippen molar-refractivity contribution in [1.82, 2.24) is 10.2 Å². The van der Waals surface area contributed by atoms with E-state index >= 15 is 0 Å². The van der Waals surface area contributed by atoms with Gasteiger partial charge in [-0.2, -0.15) is 0 Å². The number of anilines is 1. The van der Waals surface area contributed by atoms with Crippen LogP contribution in [0.4, 0.5) is 5.13 Å². The summed E-state index contributed by atoms with van der Waals surface area (Å²) in [5, 5.41) is 10.1. The highest BCUT2D eigenvalue weighted by Gasteiger charge is 2.27. The average molecular weight is 184 g/mol. The molecule has 1 fully saturated rings. The van der Waals surface area contributed by atoms with Crippen molar-refractivity contribution in [2.24, 2.45) is 11.7 Å². The number of aryl methyl sites for hydroxylation is 1. The summed E-state index contributed by atoms with van der Waals surface area (Å²) in [4.78, 5) is 2.22. The Morgan fingerprint density at radius 2 is 2.33 bits per heavy atom. The van der Waals surface area contributed by atoms with E-state index in [4.69, 9.17) is 5.73 Å². The van der Waals surface area contributed by atoms with Gasteiger partial charge in [-0.15, -0.1) is 10.2 Å². The minimum atomic E-state index is 0.661. The molecule has 0 unspecified atom stereocenters. The van der Waals surface area contributed by atoms with E-state index in [1.807, 2.05) is 6.92 Å². The van der Waals surface area contributed by atoms with Crippen LogP contribution in [0.2, 0.25) is 0 Å². The maximum Gasteiger partial charge on any atom is 0.208 e. The van der Waals surface area contributed by atoms with Crippen LogP contribution in [0.5, 0.6) is 0 Å². The number of rotatable bonds is 2. The molecule has 4 nitrogen and oxygen atoms in total. The largest absolute Gasteiger partial charge is 0.346 e. The summed E-state index contributed by atoms with van der Waals surface area (Å²) in [6, 6.07) is 0. The van der Waals surface area contributed by atoms with E-state index < -0.39 is 0 Å². The Labute approximate surface area is 75.4 Å². The van der Waals surface area contributed by atoms with Crippen LogP contribution >= 0.6 is 11.3 Å². The van der Waals surface area contributed by atoms with Crippen molar-refractivity contribution in [2.75, 3.05) is 24.5 Å². The lowest BCUT2D eigenvalue weighted by Crippen LogP contribution is -2.49. The Bertz CT molecular complexity index is 266. The Balaban J connectivity index is 1.96. The van der Waals surface area contributed by atoms with E-state index in [1.165, 1.54) is 0 Å². The zero-order valence-corrected chi connectivity index (χ0v) is 7.84. The lowest BCUT2D eigenvalue weighted by molar-refractivity contribution is 0.419. The molecule has 1 aromatic heterocycles. The van der Waals surface area contributed by atoms with Gasteiger partial charge < -0.3 is 10.6 Å². The molecule has 66 valence electrons. The van der Waals surface area contributed by atoms with Crippen molar-refractivity contribution in [3.63, 3.8) is 0 Å². The molecular formula is C7H12N4S. The summed E-state index contributed by atoms with van der Waals surface area (Å²) in [6.45, 7) is 4.85. The van der Waals surface area contributed by atoms with Crippen LogP contribution in [0.3, 0.4) is 0 Å². The Kier molecular flexibility index (Phi) is 1.98. The lowest BCUT2D eigenvalue weighted by atomic mass is 10.0. The van der Waals surface area contributed by atoms with Gasteiger partial charge in [-0.25, -0.2) is 0 Å². The Morgan fingerprint density at radius 3 is 2.83 bits per heavy atom. The summed E-state index contributed by atoms with van der Waals surface area (Å²) in [5.41, 5.74) is 5.52. The molecule has 0 atom stereocenters. The molecule has 12 heavy (non-hydrogen) atoms. The molecule has 0 radical (unpaired) electrons. The van der Waals surface area contributed by atoms with Crippen molar-refractivity contribution in [3.05, 3.63) is 5.01 Å². The summed E-state index contributed by atoms with van der Waals surface area (Å²) in [5.74, 6) is 0.661. The first kappa shape index (κ1) is 7.94. The van der Waals surface area contributed by atoms with Gasteiger partial charge in [0.15, 0.2) is 0 Å². The predicted molar refractivity (Wildman–Crippen MR) is 49.4 cm³/mol. The second-order valence-electron chi connectivity index (χ2n) is 3.11. The van der Waals surface area contributed by atoms with Crippen LogP contribution in [-0.2, 0) is 0 Å². The number of nitrogens with zero attached hydrogens (tertiary/aromatic N) is 3. The van der Waals surface area contributed by atoms with Gasteiger partial charge in [0.05, 0.1) is 0 Å². The molecule has 1 aromatic rings. The zero-order valence-electron chi connectivity index (χ0n) is 7.03. The Hall–Kier alpha value is -0.680. The lowest BCUT2D eigenvalue weighted by Gasteiger charge is -2.37. The third kappa shape index (κ3) is 1.30. The van der Waals surface area contributed by atoms with Crippen LogP contribution in [0, 0.1) is 12.8 Å².